The van der Waals surface area contributed by atoms with Crippen LogP contribution < -0.4 is 5.32 Å². The van der Waals surface area contributed by atoms with E-state index in [0.29, 0.717) is 24.3 Å². The van der Waals surface area contributed by atoms with Gasteiger partial charge in [-0.2, -0.15) is 0 Å². The van der Waals surface area contributed by atoms with Crippen molar-refractivity contribution in [2.45, 2.75) is 33.7 Å². The van der Waals surface area contributed by atoms with Crippen LogP contribution in [0.2, 0.25) is 0 Å². The van der Waals surface area contributed by atoms with Crippen LogP contribution in [0.1, 0.15) is 58.8 Å². The van der Waals surface area contributed by atoms with Crippen LogP contribution in [0.15, 0.2) is 48.5 Å². The molecule has 184 valence electrons. The van der Waals surface area contributed by atoms with Crippen molar-refractivity contribution in [1.82, 2.24) is 9.80 Å². The first-order valence-corrected chi connectivity index (χ1v) is 11.5. The summed E-state index contributed by atoms with van der Waals surface area (Å²) < 4.78 is 5.17. The Hall–Kier alpha value is -4.01. The molecule has 9 nitrogen and oxygen atoms in total. The topological polar surface area (TPSA) is 113 Å². The van der Waals surface area contributed by atoms with E-state index in [-0.39, 0.29) is 17.0 Å². The zero-order chi connectivity index (χ0) is 25.7. The molecule has 1 aliphatic heterocycles. The lowest BCUT2D eigenvalue weighted by Gasteiger charge is -2.27. The van der Waals surface area contributed by atoms with Crippen molar-refractivity contribution in [2.75, 3.05) is 25.0 Å². The van der Waals surface area contributed by atoms with E-state index in [9.17, 15) is 24.0 Å². The van der Waals surface area contributed by atoms with Crippen LogP contribution in [0.3, 0.4) is 0 Å². The maximum Gasteiger partial charge on any atom is 0.330 e. The molecule has 0 saturated heterocycles. The molecule has 1 aliphatic rings. The molecule has 2 aromatic carbocycles. The second kappa shape index (κ2) is 10.9. The maximum absolute atomic E-state index is 12.8. The smallest absolute Gasteiger partial charge is 0.330 e. The van der Waals surface area contributed by atoms with Crippen LogP contribution in [0.4, 0.5) is 5.69 Å². The lowest BCUT2D eigenvalue weighted by Crippen LogP contribution is -2.49. The van der Waals surface area contributed by atoms with Crippen molar-refractivity contribution in [3.05, 3.63) is 65.2 Å². The van der Waals surface area contributed by atoms with Crippen molar-refractivity contribution in [2.24, 2.45) is 5.92 Å². The fraction of sp³-hybridized carbons (Fsp3) is 0.346. The third-order valence-electron chi connectivity index (χ3n) is 5.79. The van der Waals surface area contributed by atoms with Crippen LogP contribution in [-0.4, -0.2) is 65.1 Å². The van der Waals surface area contributed by atoms with Gasteiger partial charge in [0.05, 0.1) is 11.1 Å². The van der Waals surface area contributed by atoms with Gasteiger partial charge in [-0.3, -0.25) is 24.1 Å². The highest BCUT2D eigenvalue weighted by Crippen LogP contribution is 2.27. The molecule has 0 aromatic heterocycles. The number of carbonyl (C=O) groups is 5. The number of hydrogen-bond acceptors (Lipinski definition) is 6. The summed E-state index contributed by atoms with van der Waals surface area (Å²) in [6.07, 6.45) is 0. The number of esters is 1. The predicted octanol–water partition coefficient (Wildman–Crippen LogP) is 2.97. The molecule has 3 rings (SSSR count). The second-order valence-electron chi connectivity index (χ2n) is 8.43. The molecule has 1 atom stereocenters. The van der Waals surface area contributed by atoms with Crippen molar-refractivity contribution in [1.29, 1.82) is 0 Å². The molecule has 0 spiro atoms. The summed E-state index contributed by atoms with van der Waals surface area (Å²) in [5.74, 6) is -3.09. The number of fused-ring (bicyclic) bond motifs is 1. The molecule has 1 heterocycles. The van der Waals surface area contributed by atoms with E-state index in [4.69, 9.17) is 4.74 Å². The van der Waals surface area contributed by atoms with Crippen LogP contribution in [0, 0.1) is 5.92 Å². The molecule has 0 aliphatic carbocycles. The average Bonchev–Trinajstić information content (AvgIpc) is 3.09. The Bertz CT molecular complexity index is 1100. The van der Waals surface area contributed by atoms with Gasteiger partial charge < -0.3 is 15.0 Å². The molecule has 1 unspecified atom stereocenters. The standard InChI is InChI=1S/C26H29N3O6/c1-5-28(6-2)23(31)17-11-13-18(14-12-17)27-21(30)15-35-26(34)22(16(3)4)29-24(32)19-9-7-8-10-20(19)25(29)33/h7-14,16,22H,5-6,15H2,1-4H3,(H,27,30). The summed E-state index contributed by atoms with van der Waals surface area (Å²) in [7, 11) is 0. The average molecular weight is 480 g/mol. The van der Waals surface area contributed by atoms with E-state index in [1.165, 1.54) is 12.1 Å². The van der Waals surface area contributed by atoms with Crippen molar-refractivity contribution in [3.8, 4) is 0 Å². The van der Waals surface area contributed by atoms with Crippen molar-refractivity contribution < 1.29 is 28.7 Å². The molecule has 0 saturated carbocycles. The fourth-order valence-electron chi connectivity index (χ4n) is 3.94. The zero-order valence-electron chi connectivity index (χ0n) is 20.2. The zero-order valence-corrected chi connectivity index (χ0v) is 20.2. The second-order valence-corrected chi connectivity index (χ2v) is 8.43. The van der Waals surface area contributed by atoms with Crippen molar-refractivity contribution in [3.63, 3.8) is 0 Å². The Morgan fingerprint density at radius 2 is 1.46 bits per heavy atom. The third kappa shape index (κ3) is 5.40. The summed E-state index contributed by atoms with van der Waals surface area (Å²) in [6, 6.07) is 11.6. The monoisotopic (exact) mass is 479 g/mol. The summed E-state index contributed by atoms with van der Waals surface area (Å²) >= 11 is 0. The number of amides is 4. The van der Waals surface area contributed by atoms with Crippen LogP contribution in [0.25, 0.3) is 0 Å². The molecule has 4 amide bonds. The van der Waals surface area contributed by atoms with Crippen LogP contribution >= 0.6 is 0 Å². The highest BCUT2D eigenvalue weighted by molar-refractivity contribution is 6.22. The number of hydrogen-bond donors (Lipinski definition) is 1. The van der Waals surface area contributed by atoms with Gasteiger partial charge in [-0.1, -0.05) is 26.0 Å². The van der Waals surface area contributed by atoms with Gasteiger partial charge >= 0.3 is 5.97 Å². The number of ether oxygens (including phenoxy) is 1. The van der Waals surface area contributed by atoms with Gasteiger partial charge in [-0.15, -0.1) is 0 Å². The van der Waals surface area contributed by atoms with E-state index in [1.54, 1.807) is 55.1 Å². The molecular weight excluding hydrogens is 450 g/mol. The first-order chi connectivity index (χ1) is 16.7. The maximum atomic E-state index is 12.8. The first-order valence-electron chi connectivity index (χ1n) is 11.5. The number of rotatable bonds is 9. The molecule has 0 radical (unpaired) electrons. The van der Waals surface area contributed by atoms with Crippen LogP contribution in [-0.2, 0) is 14.3 Å². The Kier molecular flexibility index (Phi) is 8.01. The SMILES string of the molecule is CCN(CC)C(=O)c1ccc(NC(=O)COC(=O)C(C(C)C)N2C(=O)c3ccccc3C2=O)cc1. The lowest BCUT2D eigenvalue weighted by atomic mass is 10.0. The third-order valence-corrected chi connectivity index (χ3v) is 5.79. The minimum absolute atomic E-state index is 0.102. The van der Waals surface area contributed by atoms with E-state index < -0.39 is 42.3 Å². The number of imide groups is 1. The predicted molar refractivity (Wildman–Crippen MR) is 129 cm³/mol. The quantitative estimate of drug-likeness (QED) is 0.437. The largest absolute Gasteiger partial charge is 0.454 e. The molecule has 0 bridgehead atoms. The van der Waals surface area contributed by atoms with Gasteiger partial charge in [0.1, 0.15) is 6.04 Å². The van der Waals surface area contributed by atoms with Gasteiger partial charge in [-0.25, -0.2) is 4.79 Å². The van der Waals surface area contributed by atoms with Gasteiger partial charge in [0.2, 0.25) is 0 Å². The summed E-state index contributed by atoms with van der Waals surface area (Å²) in [4.78, 5) is 65.7. The Balaban J connectivity index is 1.61. The molecule has 2 aromatic rings. The normalized spacial score (nSPS) is 13.5. The number of benzene rings is 2. The van der Waals surface area contributed by atoms with Gasteiger partial charge in [-0.05, 0) is 56.2 Å². The van der Waals surface area contributed by atoms with Gasteiger partial charge in [0, 0.05) is 24.3 Å². The number of carbonyl (C=O) groups excluding carboxylic acids is 5. The Morgan fingerprint density at radius 3 is 1.94 bits per heavy atom. The molecule has 0 fully saturated rings. The minimum atomic E-state index is -1.17. The number of nitrogens with zero attached hydrogens (tertiary/aromatic N) is 2. The molecule has 9 heteroatoms. The summed E-state index contributed by atoms with van der Waals surface area (Å²) in [5.41, 5.74) is 1.40. The summed E-state index contributed by atoms with van der Waals surface area (Å²) in [6.45, 7) is 7.78. The van der Waals surface area contributed by atoms with E-state index >= 15 is 0 Å². The van der Waals surface area contributed by atoms with E-state index in [2.05, 4.69) is 5.32 Å². The lowest BCUT2D eigenvalue weighted by molar-refractivity contribution is -0.152. The Labute approximate surface area is 204 Å². The highest BCUT2D eigenvalue weighted by Gasteiger charge is 2.44. The molecule has 35 heavy (non-hydrogen) atoms. The number of anilines is 1. The Morgan fingerprint density at radius 1 is 0.914 bits per heavy atom. The van der Waals surface area contributed by atoms with Gasteiger partial charge in [0.25, 0.3) is 23.6 Å². The molecule has 1 N–H and O–H groups in total. The van der Waals surface area contributed by atoms with Crippen molar-refractivity contribution >= 4 is 35.3 Å². The van der Waals surface area contributed by atoms with Crippen LogP contribution in [0.5, 0.6) is 0 Å². The molecular formula is C26H29N3O6. The minimum Gasteiger partial charge on any atom is -0.454 e. The first kappa shape index (κ1) is 25.6. The highest BCUT2D eigenvalue weighted by atomic mass is 16.5. The fourth-order valence-corrected chi connectivity index (χ4v) is 3.94. The van der Waals surface area contributed by atoms with Gasteiger partial charge in [0.15, 0.2) is 6.61 Å². The summed E-state index contributed by atoms with van der Waals surface area (Å²) in [5, 5.41) is 2.60. The van der Waals surface area contributed by atoms with E-state index in [0.717, 1.165) is 4.90 Å². The number of nitrogens with one attached hydrogen (secondary N) is 1. The van der Waals surface area contributed by atoms with E-state index in [1.807, 2.05) is 13.8 Å².